The van der Waals surface area contributed by atoms with Crippen LogP contribution in [0.25, 0.3) is 0 Å². The minimum absolute atomic E-state index is 0.129. The highest BCUT2D eigenvalue weighted by molar-refractivity contribution is 7.91. The Balaban J connectivity index is 1.32. The quantitative estimate of drug-likeness (QED) is 0.287. The molecule has 0 spiro atoms. The van der Waals surface area contributed by atoms with E-state index < -0.39 is 22.4 Å². The first-order valence-electron chi connectivity index (χ1n) is 11.4. The number of ether oxygens (including phenoxy) is 2. The number of carbonyl (C=O) groups excluding carboxylic acids is 1. The van der Waals surface area contributed by atoms with E-state index in [1.54, 1.807) is 18.2 Å². The summed E-state index contributed by atoms with van der Waals surface area (Å²) >= 11 is 6.87. The highest BCUT2D eigenvalue weighted by Crippen LogP contribution is 2.33. The van der Waals surface area contributed by atoms with E-state index in [1.807, 2.05) is 6.07 Å². The van der Waals surface area contributed by atoms with Crippen molar-refractivity contribution in [1.82, 2.24) is 4.31 Å². The topological polar surface area (TPSA) is 72.9 Å². The van der Waals surface area contributed by atoms with Gasteiger partial charge in [-0.25, -0.2) is 8.42 Å². The first-order chi connectivity index (χ1) is 17.5. The molecule has 2 heterocycles. The smallest absolute Gasteiger partial charge is 0.489 e. The number of carbonyl (C=O) groups is 1. The number of ketones is 1. The van der Waals surface area contributed by atoms with Crippen molar-refractivity contribution in [2.24, 2.45) is 0 Å². The molecule has 1 atom stereocenters. The summed E-state index contributed by atoms with van der Waals surface area (Å²) in [6.45, 7) is 0.428. The molecule has 1 aliphatic rings. The molecule has 0 radical (unpaired) electrons. The lowest BCUT2D eigenvalue weighted by molar-refractivity contribution is -0.274. The van der Waals surface area contributed by atoms with Gasteiger partial charge in [-0.2, -0.15) is 4.31 Å². The molecule has 1 saturated heterocycles. The number of rotatable bonds is 10. The Morgan fingerprint density at radius 3 is 2.49 bits per heavy atom. The van der Waals surface area contributed by atoms with Crippen LogP contribution in [0.3, 0.4) is 0 Å². The number of aryl methyl sites for hydroxylation is 1. The number of benzene rings is 2. The van der Waals surface area contributed by atoms with Gasteiger partial charge in [0.2, 0.25) is 0 Å². The van der Waals surface area contributed by atoms with E-state index in [0.29, 0.717) is 41.5 Å². The van der Waals surface area contributed by atoms with Crippen molar-refractivity contribution in [3.8, 4) is 11.5 Å². The lowest BCUT2D eigenvalue weighted by Gasteiger charge is -2.22. The summed E-state index contributed by atoms with van der Waals surface area (Å²) in [6.07, 6.45) is -3.07. The Labute approximate surface area is 221 Å². The number of hydrogen-bond donors (Lipinski definition) is 0. The zero-order chi connectivity index (χ0) is 26.6. The van der Waals surface area contributed by atoms with Gasteiger partial charge in [0.1, 0.15) is 22.3 Å². The van der Waals surface area contributed by atoms with Gasteiger partial charge >= 0.3 is 6.36 Å². The van der Waals surface area contributed by atoms with E-state index in [9.17, 15) is 26.4 Å². The molecular formula is C25H23ClF3NO5S2. The summed E-state index contributed by atoms with van der Waals surface area (Å²) in [5, 5.41) is 0. The highest BCUT2D eigenvalue weighted by Gasteiger charge is 2.39. The van der Waals surface area contributed by atoms with Gasteiger partial charge in [-0.15, -0.1) is 24.5 Å². The largest absolute Gasteiger partial charge is 0.573 e. The molecule has 2 aromatic carbocycles. The van der Waals surface area contributed by atoms with Crippen LogP contribution >= 0.6 is 22.9 Å². The Kier molecular flexibility index (Phi) is 8.47. The molecule has 0 bridgehead atoms. The SMILES string of the molecule is O=C(CCc1cccc(OCc2ccc(OC(F)(F)F)cc2)c1)[C@@H]1CCCN1S(=O)(=O)c1ccc(Cl)s1. The predicted molar refractivity (Wildman–Crippen MR) is 133 cm³/mol. The first-order valence-corrected chi connectivity index (χ1v) is 14.0. The van der Waals surface area contributed by atoms with E-state index >= 15 is 0 Å². The molecule has 1 aromatic heterocycles. The number of hydrogen-bond acceptors (Lipinski definition) is 6. The molecule has 198 valence electrons. The lowest BCUT2D eigenvalue weighted by atomic mass is 10.0. The second kappa shape index (κ2) is 11.4. The number of nitrogens with zero attached hydrogens (tertiary/aromatic N) is 1. The average Bonchev–Trinajstić information content (AvgIpc) is 3.52. The summed E-state index contributed by atoms with van der Waals surface area (Å²) in [4.78, 5) is 13.0. The molecule has 1 aliphatic heterocycles. The van der Waals surface area contributed by atoms with Crippen molar-refractivity contribution in [2.45, 2.75) is 48.9 Å². The predicted octanol–water partition coefficient (Wildman–Crippen LogP) is 6.23. The summed E-state index contributed by atoms with van der Waals surface area (Å²) in [6, 6.07) is 14.8. The fraction of sp³-hybridized carbons (Fsp3) is 0.320. The van der Waals surface area contributed by atoms with Gasteiger partial charge in [-0.05, 0) is 66.8 Å². The van der Waals surface area contributed by atoms with E-state index in [1.165, 1.54) is 40.7 Å². The van der Waals surface area contributed by atoms with Crippen LogP contribution in [0.15, 0.2) is 64.9 Å². The first kappa shape index (κ1) is 27.4. The van der Waals surface area contributed by atoms with Crippen LogP contribution in [0.1, 0.15) is 30.4 Å². The van der Waals surface area contributed by atoms with Gasteiger partial charge in [-0.3, -0.25) is 4.79 Å². The van der Waals surface area contributed by atoms with Crippen LogP contribution in [0.2, 0.25) is 4.34 Å². The molecule has 0 saturated carbocycles. The Morgan fingerprint density at radius 1 is 1.05 bits per heavy atom. The van der Waals surface area contributed by atoms with Crippen LogP contribution in [-0.2, 0) is 27.8 Å². The highest BCUT2D eigenvalue weighted by atomic mass is 35.5. The van der Waals surface area contributed by atoms with E-state index in [2.05, 4.69) is 4.74 Å². The number of Topliss-reactive ketones (excluding diaryl/α,β-unsaturated/α-hetero) is 1. The van der Waals surface area contributed by atoms with Gasteiger partial charge < -0.3 is 9.47 Å². The minimum Gasteiger partial charge on any atom is -0.489 e. The Bertz CT molecular complexity index is 1340. The molecule has 1 fully saturated rings. The Hall–Kier alpha value is -2.60. The third-order valence-corrected chi connectivity index (χ3v) is 9.41. The van der Waals surface area contributed by atoms with Crippen LogP contribution in [-0.4, -0.2) is 37.5 Å². The summed E-state index contributed by atoms with van der Waals surface area (Å²) < 4.78 is 74.3. The lowest BCUT2D eigenvalue weighted by Crippen LogP contribution is -2.40. The van der Waals surface area contributed by atoms with Crippen molar-refractivity contribution in [3.63, 3.8) is 0 Å². The monoisotopic (exact) mass is 573 g/mol. The van der Waals surface area contributed by atoms with Crippen molar-refractivity contribution in [1.29, 1.82) is 0 Å². The van der Waals surface area contributed by atoms with Gasteiger partial charge in [-0.1, -0.05) is 35.9 Å². The van der Waals surface area contributed by atoms with Crippen molar-refractivity contribution < 1.29 is 35.9 Å². The van der Waals surface area contributed by atoms with Crippen molar-refractivity contribution >= 4 is 38.7 Å². The van der Waals surface area contributed by atoms with E-state index in [-0.39, 0.29) is 28.8 Å². The molecular weight excluding hydrogens is 551 g/mol. The molecule has 6 nitrogen and oxygen atoms in total. The van der Waals surface area contributed by atoms with E-state index in [4.69, 9.17) is 16.3 Å². The third-order valence-electron chi connectivity index (χ3n) is 5.81. The molecule has 0 unspecified atom stereocenters. The molecule has 3 aromatic rings. The van der Waals surface area contributed by atoms with Gasteiger partial charge in [0.05, 0.1) is 10.4 Å². The second-order valence-corrected chi connectivity index (χ2v) is 12.3. The molecule has 37 heavy (non-hydrogen) atoms. The van der Waals surface area contributed by atoms with Crippen LogP contribution in [0.4, 0.5) is 13.2 Å². The number of thiophene rings is 1. The molecule has 4 rings (SSSR count). The molecule has 0 aliphatic carbocycles. The van der Waals surface area contributed by atoms with Crippen molar-refractivity contribution in [3.05, 3.63) is 76.1 Å². The third kappa shape index (κ3) is 7.25. The standard InChI is InChI=1S/C25H23ClF3NO5S2/c26-23-12-13-24(36-23)37(32,33)30-14-2-5-21(30)22(31)11-8-17-3-1-4-20(15-17)34-16-18-6-9-19(10-7-18)35-25(27,28)29/h1,3-4,6-7,9-10,12-13,15,21H,2,5,8,11,14,16H2/t21-/m0/s1. The molecule has 0 N–H and O–H groups in total. The second-order valence-electron chi connectivity index (χ2n) is 8.43. The normalized spacial score (nSPS) is 16.6. The fourth-order valence-electron chi connectivity index (χ4n) is 4.08. The maximum atomic E-state index is 13.0. The summed E-state index contributed by atoms with van der Waals surface area (Å²) in [7, 11) is -3.78. The Morgan fingerprint density at radius 2 is 1.81 bits per heavy atom. The zero-order valence-corrected chi connectivity index (χ0v) is 21.8. The number of alkyl halides is 3. The van der Waals surface area contributed by atoms with Gasteiger partial charge in [0.25, 0.3) is 10.0 Å². The summed E-state index contributed by atoms with van der Waals surface area (Å²) in [5.41, 5.74) is 1.50. The zero-order valence-electron chi connectivity index (χ0n) is 19.4. The van der Waals surface area contributed by atoms with Gasteiger partial charge in [0.15, 0.2) is 5.78 Å². The van der Waals surface area contributed by atoms with Crippen molar-refractivity contribution in [2.75, 3.05) is 6.54 Å². The number of sulfonamides is 1. The molecule has 0 amide bonds. The van der Waals surface area contributed by atoms with Gasteiger partial charge in [0, 0.05) is 13.0 Å². The maximum Gasteiger partial charge on any atom is 0.573 e. The minimum atomic E-state index is -4.75. The molecule has 12 heteroatoms. The average molecular weight is 574 g/mol. The van der Waals surface area contributed by atoms with Crippen LogP contribution in [0, 0.1) is 0 Å². The van der Waals surface area contributed by atoms with Crippen LogP contribution in [0.5, 0.6) is 11.5 Å². The summed E-state index contributed by atoms with van der Waals surface area (Å²) in [5.74, 6) is 0.0900. The van der Waals surface area contributed by atoms with E-state index in [0.717, 1.165) is 16.9 Å². The maximum absolute atomic E-state index is 13.0. The van der Waals surface area contributed by atoms with Crippen LogP contribution < -0.4 is 9.47 Å². The fourth-order valence-corrected chi connectivity index (χ4v) is 7.37. The number of halogens is 4.